The van der Waals surface area contributed by atoms with Crippen LogP contribution in [0.3, 0.4) is 0 Å². The first-order chi connectivity index (χ1) is 6.80. The highest BCUT2D eigenvalue weighted by Gasteiger charge is 2.21. The van der Waals surface area contributed by atoms with Gasteiger partial charge in [0.2, 0.25) is 0 Å². The predicted octanol–water partition coefficient (Wildman–Crippen LogP) is 3.75. The van der Waals surface area contributed by atoms with Gasteiger partial charge in [0.1, 0.15) is 11.6 Å². The average Bonchev–Trinajstić information content (AvgIpc) is 2.10. The van der Waals surface area contributed by atoms with Gasteiger partial charge in [-0.15, -0.1) is 0 Å². The lowest BCUT2D eigenvalue weighted by molar-refractivity contribution is -0.125. The smallest absolute Gasteiger partial charge is 0.142 e. The first-order valence-electron chi connectivity index (χ1n) is 4.78. The minimum Gasteiger partial charge on any atom is -0.299 e. The average molecular weight is 273 g/mol. The number of carbonyl (C=O) groups excluding carboxylic acids is 1. The Bertz CT molecular complexity index is 380. The summed E-state index contributed by atoms with van der Waals surface area (Å²) in [5.41, 5.74) is 0.490. The van der Waals surface area contributed by atoms with Crippen LogP contribution in [0.15, 0.2) is 22.7 Å². The van der Waals surface area contributed by atoms with Gasteiger partial charge < -0.3 is 0 Å². The molecule has 0 saturated carbocycles. The van der Waals surface area contributed by atoms with Gasteiger partial charge in [0, 0.05) is 11.8 Å². The van der Waals surface area contributed by atoms with Crippen LogP contribution in [0.2, 0.25) is 0 Å². The molecule has 0 unspecified atom stereocenters. The van der Waals surface area contributed by atoms with E-state index in [1.807, 2.05) is 20.8 Å². The molecule has 1 aromatic carbocycles. The van der Waals surface area contributed by atoms with E-state index in [9.17, 15) is 9.18 Å². The molecule has 1 rings (SSSR count). The number of hydrogen-bond acceptors (Lipinski definition) is 1. The van der Waals surface area contributed by atoms with Crippen molar-refractivity contribution < 1.29 is 9.18 Å². The fraction of sp³-hybridized carbons (Fsp3) is 0.417. The molecule has 15 heavy (non-hydrogen) atoms. The molecule has 1 nitrogen and oxygen atoms in total. The summed E-state index contributed by atoms with van der Waals surface area (Å²) in [5.74, 6) is -0.150. The normalized spacial score (nSPS) is 11.5. The van der Waals surface area contributed by atoms with E-state index < -0.39 is 0 Å². The maximum absolute atomic E-state index is 12.9. The number of benzene rings is 1. The van der Waals surface area contributed by atoms with Gasteiger partial charge in [-0.2, -0.15) is 0 Å². The van der Waals surface area contributed by atoms with E-state index in [4.69, 9.17) is 0 Å². The van der Waals surface area contributed by atoms with Crippen molar-refractivity contribution in [3.8, 4) is 0 Å². The summed E-state index contributed by atoms with van der Waals surface area (Å²) in [5, 5.41) is 0. The number of Topliss-reactive ketones (excluding diaryl/α,β-unsaturated/α-hetero) is 1. The van der Waals surface area contributed by atoms with E-state index in [2.05, 4.69) is 15.9 Å². The summed E-state index contributed by atoms with van der Waals surface area (Å²) in [6.45, 7) is 5.65. The molecule has 0 heterocycles. The van der Waals surface area contributed by atoms with Crippen molar-refractivity contribution in [2.24, 2.45) is 5.41 Å². The maximum Gasteiger partial charge on any atom is 0.142 e. The Balaban J connectivity index is 2.83. The molecule has 0 aliphatic heterocycles. The van der Waals surface area contributed by atoms with Gasteiger partial charge >= 0.3 is 0 Å². The number of hydrogen-bond donors (Lipinski definition) is 0. The van der Waals surface area contributed by atoms with Crippen LogP contribution in [0.5, 0.6) is 0 Å². The van der Waals surface area contributed by atoms with Crippen molar-refractivity contribution in [2.45, 2.75) is 27.2 Å². The van der Waals surface area contributed by atoms with Crippen LogP contribution in [-0.4, -0.2) is 5.78 Å². The summed E-state index contributed by atoms with van der Waals surface area (Å²) < 4.78 is 13.3. The highest BCUT2D eigenvalue weighted by Crippen LogP contribution is 2.21. The zero-order chi connectivity index (χ0) is 11.6. The molecule has 0 N–H and O–H groups in total. The van der Waals surface area contributed by atoms with Crippen LogP contribution >= 0.6 is 15.9 Å². The molecule has 0 aliphatic rings. The van der Waals surface area contributed by atoms with Crippen LogP contribution < -0.4 is 0 Å². The number of halogens is 2. The molecule has 0 aliphatic carbocycles. The number of rotatable bonds is 2. The first-order valence-corrected chi connectivity index (χ1v) is 5.57. The lowest BCUT2D eigenvalue weighted by atomic mass is 9.87. The quantitative estimate of drug-likeness (QED) is 0.802. The third-order valence-electron chi connectivity index (χ3n) is 2.19. The van der Waals surface area contributed by atoms with E-state index in [1.165, 1.54) is 6.07 Å². The van der Waals surface area contributed by atoms with Crippen LogP contribution in [0, 0.1) is 11.2 Å². The van der Waals surface area contributed by atoms with Crippen LogP contribution in [-0.2, 0) is 11.2 Å². The lowest BCUT2D eigenvalue weighted by Crippen LogP contribution is -2.22. The second-order valence-corrected chi connectivity index (χ2v) is 5.45. The van der Waals surface area contributed by atoms with Crippen molar-refractivity contribution in [3.05, 3.63) is 34.1 Å². The van der Waals surface area contributed by atoms with Gasteiger partial charge in [0.15, 0.2) is 0 Å². The van der Waals surface area contributed by atoms with E-state index in [1.54, 1.807) is 12.1 Å². The lowest BCUT2D eigenvalue weighted by Gasteiger charge is -2.16. The highest BCUT2D eigenvalue weighted by atomic mass is 79.9. The van der Waals surface area contributed by atoms with Crippen LogP contribution in [0.25, 0.3) is 0 Å². The molecule has 0 amide bonds. The van der Waals surface area contributed by atoms with Crippen molar-refractivity contribution in [2.75, 3.05) is 0 Å². The largest absolute Gasteiger partial charge is 0.299 e. The van der Waals surface area contributed by atoms with Gasteiger partial charge in [0.05, 0.1) is 4.47 Å². The van der Waals surface area contributed by atoms with Crippen molar-refractivity contribution in [3.63, 3.8) is 0 Å². The standard InChI is InChI=1S/C12H14BrFO/c1-12(2,3)11(15)7-8-4-5-10(14)9(13)6-8/h4-6H,7H2,1-3H3. The molecular weight excluding hydrogens is 259 g/mol. The zero-order valence-electron chi connectivity index (χ0n) is 9.10. The van der Waals surface area contributed by atoms with Gasteiger partial charge in [-0.05, 0) is 33.6 Å². The Hall–Kier alpha value is -0.700. The second-order valence-electron chi connectivity index (χ2n) is 4.60. The minimum atomic E-state index is -0.346. The molecular formula is C12H14BrFO. The molecule has 0 atom stereocenters. The Morgan fingerprint density at radius 1 is 1.40 bits per heavy atom. The molecule has 0 fully saturated rings. The fourth-order valence-electron chi connectivity index (χ4n) is 1.10. The molecule has 0 spiro atoms. The Morgan fingerprint density at radius 3 is 2.47 bits per heavy atom. The van der Waals surface area contributed by atoms with E-state index in [0.29, 0.717) is 10.9 Å². The molecule has 0 saturated heterocycles. The summed E-state index contributed by atoms with van der Waals surface area (Å²) >= 11 is 3.10. The van der Waals surface area contributed by atoms with Crippen molar-refractivity contribution in [1.29, 1.82) is 0 Å². The topological polar surface area (TPSA) is 17.1 Å². The monoisotopic (exact) mass is 272 g/mol. The maximum atomic E-state index is 12.9. The van der Waals surface area contributed by atoms with Crippen LogP contribution in [0.1, 0.15) is 26.3 Å². The first kappa shape index (κ1) is 12.4. The molecule has 0 bridgehead atoms. The summed E-state index contributed by atoms with van der Waals surface area (Å²) in [6, 6.07) is 4.66. The summed E-state index contributed by atoms with van der Waals surface area (Å²) in [7, 11) is 0. The molecule has 3 heteroatoms. The highest BCUT2D eigenvalue weighted by molar-refractivity contribution is 9.10. The fourth-order valence-corrected chi connectivity index (χ4v) is 1.53. The summed E-state index contributed by atoms with van der Waals surface area (Å²) in [4.78, 5) is 11.7. The molecule has 82 valence electrons. The van der Waals surface area contributed by atoms with Crippen LogP contribution in [0.4, 0.5) is 4.39 Å². The third kappa shape index (κ3) is 3.42. The minimum absolute atomic E-state index is 0.154. The Labute approximate surface area is 97.8 Å². The Morgan fingerprint density at radius 2 is 2.00 bits per heavy atom. The SMILES string of the molecule is CC(C)(C)C(=O)Cc1ccc(F)c(Br)c1. The van der Waals surface area contributed by atoms with Crippen molar-refractivity contribution >= 4 is 21.7 Å². The van der Waals surface area contributed by atoms with Gasteiger partial charge in [-0.3, -0.25) is 4.79 Å². The predicted molar refractivity (Wildman–Crippen MR) is 62.3 cm³/mol. The molecule has 0 radical (unpaired) electrons. The van der Waals surface area contributed by atoms with E-state index in [0.717, 1.165) is 5.56 Å². The van der Waals surface area contributed by atoms with Gasteiger partial charge in [-0.1, -0.05) is 26.8 Å². The third-order valence-corrected chi connectivity index (χ3v) is 2.79. The zero-order valence-corrected chi connectivity index (χ0v) is 10.7. The Kier molecular flexibility index (Phi) is 3.66. The van der Waals surface area contributed by atoms with Crippen molar-refractivity contribution in [1.82, 2.24) is 0 Å². The second kappa shape index (κ2) is 4.44. The van der Waals surface area contributed by atoms with Gasteiger partial charge in [-0.25, -0.2) is 4.39 Å². The summed E-state index contributed by atoms with van der Waals surface area (Å²) in [6.07, 6.45) is 0.350. The van der Waals surface area contributed by atoms with E-state index in [-0.39, 0.29) is 17.0 Å². The number of carbonyl (C=O) groups is 1. The number of ketones is 1. The van der Waals surface area contributed by atoms with Gasteiger partial charge in [0.25, 0.3) is 0 Å². The molecule has 1 aromatic rings. The van der Waals surface area contributed by atoms with E-state index >= 15 is 0 Å². The molecule has 0 aromatic heterocycles.